The number of nitrogens with two attached hydrogens (primary N) is 1. The van der Waals surface area contributed by atoms with Crippen molar-refractivity contribution in [3.63, 3.8) is 0 Å². The van der Waals surface area contributed by atoms with Crippen LogP contribution < -0.4 is 5.73 Å². The predicted molar refractivity (Wildman–Crippen MR) is 91.5 cm³/mol. The molecule has 2 aromatic rings. The zero-order valence-electron chi connectivity index (χ0n) is 13.1. The van der Waals surface area contributed by atoms with Gasteiger partial charge in [0.15, 0.2) is 0 Å². The van der Waals surface area contributed by atoms with Crippen LogP contribution in [0.3, 0.4) is 0 Å². The van der Waals surface area contributed by atoms with Crippen LogP contribution >= 0.6 is 0 Å². The van der Waals surface area contributed by atoms with Crippen molar-refractivity contribution in [2.75, 3.05) is 13.1 Å². The molecular weight excluding hydrogens is 308 g/mol. The van der Waals surface area contributed by atoms with Crippen LogP contribution in [0.2, 0.25) is 0 Å². The quantitative estimate of drug-likeness (QED) is 0.937. The molecule has 0 bridgehead atoms. The molecule has 1 saturated heterocycles. The highest BCUT2D eigenvalue weighted by atomic mass is 32.2. The Morgan fingerprint density at radius 2 is 1.57 bits per heavy atom. The molecule has 23 heavy (non-hydrogen) atoms. The van der Waals surface area contributed by atoms with Gasteiger partial charge in [-0.05, 0) is 42.0 Å². The molecule has 0 amide bonds. The zero-order chi connectivity index (χ0) is 16.3. The lowest BCUT2D eigenvalue weighted by atomic mass is 9.90. The average molecular weight is 330 g/mol. The van der Waals surface area contributed by atoms with Crippen LogP contribution in [0.1, 0.15) is 29.9 Å². The Morgan fingerprint density at radius 3 is 2.13 bits per heavy atom. The van der Waals surface area contributed by atoms with Gasteiger partial charge in [0.25, 0.3) is 0 Å². The van der Waals surface area contributed by atoms with Crippen molar-refractivity contribution in [1.29, 1.82) is 0 Å². The van der Waals surface area contributed by atoms with E-state index in [-0.39, 0.29) is 0 Å². The Morgan fingerprint density at radius 1 is 0.957 bits per heavy atom. The van der Waals surface area contributed by atoms with Crippen molar-refractivity contribution in [2.24, 2.45) is 5.73 Å². The lowest BCUT2D eigenvalue weighted by molar-refractivity contribution is 0.319. The summed E-state index contributed by atoms with van der Waals surface area (Å²) in [7, 11) is -3.40. The summed E-state index contributed by atoms with van der Waals surface area (Å²) in [6, 6.07) is 17.2. The van der Waals surface area contributed by atoms with E-state index in [1.165, 1.54) is 5.56 Å². The number of nitrogens with zero attached hydrogens (tertiary/aromatic N) is 1. The maximum absolute atomic E-state index is 12.7. The third-order valence-electron chi connectivity index (χ3n) is 4.52. The summed E-state index contributed by atoms with van der Waals surface area (Å²) in [6.07, 6.45) is 1.73. The lowest BCUT2D eigenvalue weighted by Crippen LogP contribution is -2.37. The molecule has 1 fully saturated rings. The van der Waals surface area contributed by atoms with Gasteiger partial charge in [-0.25, -0.2) is 8.42 Å². The third-order valence-corrected chi connectivity index (χ3v) is 6.43. The van der Waals surface area contributed by atoms with Crippen molar-refractivity contribution in [1.82, 2.24) is 4.31 Å². The minimum atomic E-state index is -3.40. The monoisotopic (exact) mass is 330 g/mol. The van der Waals surface area contributed by atoms with Crippen molar-refractivity contribution < 1.29 is 8.42 Å². The summed E-state index contributed by atoms with van der Waals surface area (Å²) in [6.45, 7) is 1.56. The minimum Gasteiger partial charge on any atom is -0.326 e. The molecule has 0 saturated carbocycles. The summed E-state index contributed by atoms with van der Waals surface area (Å²) in [5.41, 5.74) is 7.80. The fraction of sp³-hybridized carbons (Fsp3) is 0.333. The van der Waals surface area contributed by atoms with Crippen LogP contribution in [-0.4, -0.2) is 25.8 Å². The Balaban J connectivity index is 1.70. The van der Waals surface area contributed by atoms with Gasteiger partial charge in [0, 0.05) is 19.6 Å². The van der Waals surface area contributed by atoms with Crippen LogP contribution in [0.4, 0.5) is 0 Å². The summed E-state index contributed by atoms with van der Waals surface area (Å²) in [5, 5.41) is 0. The minimum absolute atomic E-state index is 0.355. The maximum atomic E-state index is 12.7. The first-order valence-electron chi connectivity index (χ1n) is 7.95. The molecule has 0 spiro atoms. The van der Waals surface area contributed by atoms with Crippen molar-refractivity contribution in [3.8, 4) is 0 Å². The molecule has 0 aliphatic carbocycles. The van der Waals surface area contributed by atoms with E-state index in [9.17, 15) is 8.42 Å². The molecule has 2 aromatic carbocycles. The molecule has 0 unspecified atom stereocenters. The molecule has 1 heterocycles. The van der Waals surface area contributed by atoms with Crippen molar-refractivity contribution >= 4 is 10.0 Å². The molecule has 122 valence electrons. The van der Waals surface area contributed by atoms with E-state index in [0.717, 1.165) is 18.4 Å². The van der Waals surface area contributed by atoms with E-state index in [1.54, 1.807) is 28.6 Å². The topological polar surface area (TPSA) is 63.4 Å². The van der Waals surface area contributed by atoms with E-state index in [4.69, 9.17) is 5.73 Å². The van der Waals surface area contributed by atoms with Crippen LogP contribution in [-0.2, 0) is 16.6 Å². The number of piperidine rings is 1. The smallest absolute Gasteiger partial charge is 0.243 e. The third kappa shape index (κ3) is 3.47. The van der Waals surface area contributed by atoms with Crippen LogP contribution in [0.5, 0.6) is 0 Å². The maximum Gasteiger partial charge on any atom is 0.243 e. The Hall–Kier alpha value is -1.69. The van der Waals surface area contributed by atoms with E-state index in [0.29, 0.717) is 30.4 Å². The zero-order valence-corrected chi connectivity index (χ0v) is 13.9. The highest BCUT2D eigenvalue weighted by Crippen LogP contribution is 2.30. The lowest BCUT2D eigenvalue weighted by Gasteiger charge is -2.31. The second-order valence-corrected chi connectivity index (χ2v) is 7.88. The number of rotatable bonds is 4. The van der Waals surface area contributed by atoms with E-state index < -0.39 is 10.0 Å². The van der Waals surface area contributed by atoms with Crippen LogP contribution in [0.15, 0.2) is 59.5 Å². The second kappa shape index (κ2) is 6.83. The normalized spacial score (nSPS) is 17.3. The summed E-state index contributed by atoms with van der Waals surface area (Å²) in [4.78, 5) is 0.355. The van der Waals surface area contributed by atoms with E-state index in [2.05, 4.69) is 12.1 Å². The van der Waals surface area contributed by atoms with E-state index >= 15 is 0 Å². The molecule has 0 radical (unpaired) electrons. The van der Waals surface area contributed by atoms with Gasteiger partial charge in [0.2, 0.25) is 10.0 Å². The highest BCUT2D eigenvalue weighted by Gasteiger charge is 2.29. The number of hydrogen-bond acceptors (Lipinski definition) is 3. The summed E-state index contributed by atoms with van der Waals surface area (Å²) < 4.78 is 27.1. The molecule has 3 rings (SSSR count). The van der Waals surface area contributed by atoms with Crippen LogP contribution in [0.25, 0.3) is 0 Å². The Kier molecular flexibility index (Phi) is 4.80. The summed E-state index contributed by atoms with van der Waals surface area (Å²) >= 11 is 0. The highest BCUT2D eigenvalue weighted by molar-refractivity contribution is 7.89. The Labute approximate surface area is 138 Å². The SMILES string of the molecule is NCc1ccc(S(=O)(=O)N2CCC(c3ccccc3)CC2)cc1. The van der Waals surface area contributed by atoms with Gasteiger partial charge in [0.05, 0.1) is 4.90 Å². The molecule has 4 nitrogen and oxygen atoms in total. The molecular formula is C18H22N2O2S. The van der Waals surface area contributed by atoms with Gasteiger partial charge in [-0.15, -0.1) is 0 Å². The summed E-state index contributed by atoms with van der Waals surface area (Å²) in [5.74, 6) is 0.447. The fourth-order valence-electron chi connectivity index (χ4n) is 3.10. The number of benzene rings is 2. The first kappa shape index (κ1) is 16.2. The Bertz CT molecular complexity index is 734. The van der Waals surface area contributed by atoms with Crippen LogP contribution in [0, 0.1) is 0 Å². The number of hydrogen-bond donors (Lipinski definition) is 1. The molecule has 5 heteroatoms. The van der Waals surface area contributed by atoms with Gasteiger partial charge >= 0.3 is 0 Å². The first-order valence-corrected chi connectivity index (χ1v) is 9.39. The van der Waals surface area contributed by atoms with Gasteiger partial charge in [-0.3, -0.25) is 0 Å². The molecule has 1 aliphatic rings. The number of sulfonamides is 1. The van der Waals surface area contributed by atoms with Crippen molar-refractivity contribution in [2.45, 2.75) is 30.2 Å². The van der Waals surface area contributed by atoms with Gasteiger partial charge < -0.3 is 5.73 Å². The largest absolute Gasteiger partial charge is 0.326 e. The van der Waals surface area contributed by atoms with Gasteiger partial charge in [-0.2, -0.15) is 4.31 Å². The van der Waals surface area contributed by atoms with Gasteiger partial charge in [0.1, 0.15) is 0 Å². The van der Waals surface area contributed by atoms with Gasteiger partial charge in [-0.1, -0.05) is 42.5 Å². The molecule has 2 N–H and O–H groups in total. The fourth-order valence-corrected chi connectivity index (χ4v) is 4.57. The van der Waals surface area contributed by atoms with Crippen molar-refractivity contribution in [3.05, 3.63) is 65.7 Å². The molecule has 1 aliphatic heterocycles. The average Bonchev–Trinajstić information content (AvgIpc) is 2.62. The molecule has 0 aromatic heterocycles. The first-order chi connectivity index (χ1) is 11.1. The predicted octanol–water partition coefficient (Wildman–Crippen LogP) is 2.71. The second-order valence-electron chi connectivity index (χ2n) is 5.94. The van der Waals surface area contributed by atoms with E-state index in [1.807, 2.05) is 18.2 Å². The molecule has 0 atom stereocenters. The standard InChI is InChI=1S/C18H22N2O2S/c19-14-15-6-8-18(9-7-15)23(21,22)20-12-10-17(11-13-20)16-4-2-1-3-5-16/h1-9,17H,10-14,19H2.